The third-order valence-corrected chi connectivity index (χ3v) is 3.69. The summed E-state index contributed by atoms with van der Waals surface area (Å²) in [5, 5.41) is 9.96. The highest BCUT2D eigenvalue weighted by Gasteiger charge is 2.13. The van der Waals surface area contributed by atoms with Crippen molar-refractivity contribution in [1.82, 2.24) is 10.2 Å². The fraction of sp³-hybridized carbons (Fsp3) is 0. The maximum atomic E-state index is 4.48. The Bertz CT molecular complexity index is 916. The molecule has 0 aliphatic heterocycles. The van der Waals surface area contributed by atoms with E-state index in [2.05, 4.69) is 40.5 Å². The molecule has 0 spiro atoms. The molecular weight excluding hydrogens is 268 g/mol. The van der Waals surface area contributed by atoms with Gasteiger partial charge in [0.05, 0.1) is 5.52 Å². The summed E-state index contributed by atoms with van der Waals surface area (Å²) in [6, 6.07) is 29.6. The maximum absolute atomic E-state index is 4.48. The molecule has 0 aliphatic carbocycles. The number of benzene rings is 3. The average Bonchev–Trinajstić information content (AvgIpc) is 2.62. The Morgan fingerprint density at radius 1 is 0.682 bits per heavy atom. The van der Waals surface area contributed by atoms with Crippen LogP contribution in [0.4, 0.5) is 0 Å². The zero-order chi connectivity index (χ0) is 14.8. The van der Waals surface area contributed by atoms with Crippen molar-refractivity contribution in [2.45, 2.75) is 0 Å². The molecule has 1 heterocycles. The van der Waals surface area contributed by atoms with Gasteiger partial charge in [0.15, 0.2) is 0 Å². The zero-order valence-electron chi connectivity index (χ0n) is 11.9. The van der Waals surface area contributed by atoms with Gasteiger partial charge in [0.25, 0.3) is 0 Å². The summed E-state index contributed by atoms with van der Waals surface area (Å²) in [5.41, 5.74) is 4.97. The first kappa shape index (κ1) is 12.7. The van der Waals surface area contributed by atoms with E-state index < -0.39 is 0 Å². The molecule has 0 aliphatic rings. The SMILES string of the molecule is [c]1ccccc1-c1c(-c2ccccc2)nnc2ccccc12. The van der Waals surface area contributed by atoms with E-state index in [9.17, 15) is 0 Å². The first-order valence-corrected chi connectivity index (χ1v) is 7.21. The molecule has 0 saturated carbocycles. The van der Waals surface area contributed by atoms with Crippen LogP contribution in [0, 0.1) is 6.07 Å². The second-order valence-electron chi connectivity index (χ2n) is 5.08. The van der Waals surface area contributed by atoms with Crippen LogP contribution in [0.25, 0.3) is 33.3 Å². The summed E-state index contributed by atoms with van der Waals surface area (Å²) in [7, 11) is 0. The summed E-state index contributed by atoms with van der Waals surface area (Å²) in [5.74, 6) is 0. The van der Waals surface area contributed by atoms with Crippen molar-refractivity contribution in [3.63, 3.8) is 0 Å². The van der Waals surface area contributed by atoms with Gasteiger partial charge in [-0.25, -0.2) is 0 Å². The monoisotopic (exact) mass is 281 g/mol. The lowest BCUT2D eigenvalue weighted by atomic mass is 9.96. The second kappa shape index (κ2) is 5.41. The van der Waals surface area contributed by atoms with Gasteiger partial charge in [-0.2, -0.15) is 0 Å². The molecule has 0 fully saturated rings. The van der Waals surface area contributed by atoms with Gasteiger partial charge in [0.2, 0.25) is 0 Å². The van der Waals surface area contributed by atoms with Crippen molar-refractivity contribution < 1.29 is 0 Å². The van der Waals surface area contributed by atoms with E-state index in [0.717, 1.165) is 33.3 Å². The number of hydrogen-bond acceptors (Lipinski definition) is 2. The van der Waals surface area contributed by atoms with Gasteiger partial charge >= 0.3 is 0 Å². The van der Waals surface area contributed by atoms with E-state index in [1.807, 2.05) is 54.6 Å². The summed E-state index contributed by atoms with van der Waals surface area (Å²) in [6.45, 7) is 0. The quantitative estimate of drug-likeness (QED) is 0.529. The molecule has 3 aromatic carbocycles. The Morgan fingerprint density at radius 3 is 2.27 bits per heavy atom. The highest BCUT2D eigenvalue weighted by Crippen LogP contribution is 2.34. The number of fused-ring (bicyclic) bond motifs is 1. The smallest absolute Gasteiger partial charge is 0.101 e. The van der Waals surface area contributed by atoms with Crippen LogP contribution in [0.2, 0.25) is 0 Å². The van der Waals surface area contributed by atoms with E-state index in [-0.39, 0.29) is 0 Å². The molecular formula is C20H13N2. The van der Waals surface area contributed by atoms with Crippen LogP contribution in [0.3, 0.4) is 0 Å². The van der Waals surface area contributed by atoms with E-state index in [0.29, 0.717) is 0 Å². The summed E-state index contributed by atoms with van der Waals surface area (Å²) >= 11 is 0. The van der Waals surface area contributed by atoms with Crippen LogP contribution in [-0.2, 0) is 0 Å². The molecule has 0 bridgehead atoms. The fourth-order valence-corrected chi connectivity index (χ4v) is 2.67. The molecule has 103 valence electrons. The third kappa shape index (κ3) is 2.15. The van der Waals surface area contributed by atoms with E-state index >= 15 is 0 Å². The van der Waals surface area contributed by atoms with Gasteiger partial charge in [-0.15, -0.1) is 10.2 Å². The molecule has 4 rings (SSSR count). The average molecular weight is 281 g/mol. The molecule has 0 amide bonds. The van der Waals surface area contributed by atoms with Gasteiger partial charge in [-0.05, 0) is 17.7 Å². The molecule has 2 heteroatoms. The number of nitrogens with zero attached hydrogens (tertiary/aromatic N) is 2. The maximum Gasteiger partial charge on any atom is 0.101 e. The Kier molecular flexibility index (Phi) is 3.13. The minimum atomic E-state index is 0.891. The molecule has 0 unspecified atom stereocenters. The first-order valence-electron chi connectivity index (χ1n) is 7.21. The summed E-state index contributed by atoms with van der Waals surface area (Å²) in [4.78, 5) is 0. The second-order valence-corrected chi connectivity index (χ2v) is 5.08. The predicted molar refractivity (Wildman–Crippen MR) is 89.2 cm³/mol. The lowest BCUT2D eigenvalue weighted by Crippen LogP contribution is -1.95. The molecule has 2 nitrogen and oxygen atoms in total. The first-order chi connectivity index (χ1) is 10.9. The minimum absolute atomic E-state index is 0.891. The van der Waals surface area contributed by atoms with Crippen molar-refractivity contribution in [3.05, 3.63) is 84.9 Å². The highest BCUT2D eigenvalue weighted by atomic mass is 15.1. The highest BCUT2D eigenvalue weighted by molar-refractivity contribution is 6.00. The fourth-order valence-electron chi connectivity index (χ4n) is 2.67. The Hall–Kier alpha value is -3.00. The number of hydrogen-bond donors (Lipinski definition) is 0. The van der Waals surface area contributed by atoms with Crippen molar-refractivity contribution >= 4 is 10.9 Å². The van der Waals surface area contributed by atoms with Gasteiger partial charge in [-0.1, -0.05) is 72.8 Å². The molecule has 1 aromatic heterocycles. The summed E-state index contributed by atoms with van der Waals surface area (Å²) in [6.07, 6.45) is 0. The number of rotatable bonds is 2. The van der Waals surface area contributed by atoms with Gasteiger partial charge < -0.3 is 0 Å². The largest absolute Gasteiger partial charge is 0.150 e. The van der Waals surface area contributed by atoms with Crippen LogP contribution in [0.15, 0.2) is 78.9 Å². The van der Waals surface area contributed by atoms with Crippen LogP contribution >= 0.6 is 0 Å². The molecule has 0 N–H and O–H groups in total. The van der Waals surface area contributed by atoms with E-state index in [1.165, 1.54) is 0 Å². The molecule has 1 radical (unpaired) electrons. The Balaban J connectivity index is 2.09. The molecule has 0 saturated heterocycles. The van der Waals surface area contributed by atoms with Gasteiger partial charge in [0, 0.05) is 16.5 Å². The van der Waals surface area contributed by atoms with Crippen molar-refractivity contribution in [2.24, 2.45) is 0 Å². The minimum Gasteiger partial charge on any atom is -0.150 e. The van der Waals surface area contributed by atoms with Crippen molar-refractivity contribution in [3.8, 4) is 22.4 Å². The molecule has 4 aromatic rings. The summed E-state index contributed by atoms with van der Waals surface area (Å²) < 4.78 is 0. The zero-order valence-corrected chi connectivity index (χ0v) is 11.9. The molecule has 0 atom stereocenters. The van der Waals surface area contributed by atoms with Crippen LogP contribution in [0.5, 0.6) is 0 Å². The third-order valence-electron chi connectivity index (χ3n) is 3.69. The predicted octanol–water partition coefficient (Wildman–Crippen LogP) is 4.76. The van der Waals surface area contributed by atoms with Crippen molar-refractivity contribution in [2.75, 3.05) is 0 Å². The Labute approximate surface area is 129 Å². The lowest BCUT2D eigenvalue weighted by molar-refractivity contribution is 1.08. The normalized spacial score (nSPS) is 10.7. The van der Waals surface area contributed by atoms with Gasteiger partial charge in [-0.3, -0.25) is 0 Å². The van der Waals surface area contributed by atoms with E-state index in [1.54, 1.807) is 0 Å². The van der Waals surface area contributed by atoms with Crippen LogP contribution in [-0.4, -0.2) is 10.2 Å². The number of aromatic nitrogens is 2. The van der Waals surface area contributed by atoms with Crippen molar-refractivity contribution in [1.29, 1.82) is 0 Å². The standard InChI is InChI=1S/C20H13N2/c1-3-9-15(10-4-1)19-17-13-7-8-14-18(17)21-22-20(19)16-11-5-2-6-12-16/h1-9,11-14H. The lowest BCUT2D eigenvalue weighted by Gasteiger charge is -2.11. The van der Waals surface area contributed by atoms with E-state index in [4.69, 9.17) is 0 Å². The topological polar surface area (TPSA) is 25.8 Å². The Morgan fingerprint density at radius 2 is 1.45 bits per heavy atom. The van der Waals surface area contributed by atoms with Crippen LogP contribution < -0.4 is 0 Å². The van der Waals surface area contributed by atoms with Gasteiger partial charge in [0.1, 0.15) is 5.69 Å². The molecule has 22 heavy (non-hydrogen) atoms. The van der Waals surface area contributed by atoms with Crippen LogP contribution in [0.1, 0.15) is 0 Å².